The van der Waals surface area contributed by atoms with Crippen molar-refractivity contribution in [1.29, 1.82) is 0 Å². The topological polar surface area (TPSA) is 285 Å². The number of carbonyl (C=O) groups excluding carboxylic acids is 5. The van der Waals surface area contributed by atoms with Crippen LogP contribution in [0.1, 0.15) is 25.3 Å². The Balaban J connectivity index is 2.07. The Morgan fingerprint density at radius 3 is 2.36 bits per heavy atom. The summed E-state index contributed by atoms with van der Waals surface area (Å²) in [7, 11) is 0. The molecule has 12 N–H and O–H groups in total. The first-order valence-corrected chi connectivity index (χ1v) is 12.8. The molecule has 0 aliphatic carbocycles. The van der Waals surface area contributed by atoms with Crippen molar-refractivity contribution in [1.82, 2.24) is 21.0 Å². The van der Waals surface area contributed by atoms with E-state index in [1.165, 1.54) is 0 Å². The van der Waals surface area contributed by atoms with Gasteiger partial charge in [-0.15, -0.1) is 0 Å². The third kappa shape index (κ3) is 9.81. The maximum Gasteiger partial charge on any atom is 0.268 e. The monoisotopic (exact) mass is 592 g/mol. The number of ether oxygens (including phenoxy) is 1. The molecule has 0 saturated carbocycles. The maximum atomic E-state index is 13.1. The lowest BCUT2D eigenvalue weighted by atomic mass is 10.0. The molecule has 1 aliphatic heterocycles. The van der Waals surface area contributed by atoms with E-state index in [9.17, 15) is 39.4 Å². The summed E-state index contributed by atoms with van der Waals surface area (Å²) in [6, 6.07) is 7.44. The largest absolute Gasteiger partial charge is 0.404 e. The van der Waals surface area contributed by atoms with Crippen LogP contribution in [-0.2, 0) is 35.3 Å². The number of aliphatic hydroxyl groups excluding tert-OH is 2. The van der Waals surface area contributed by atoms with Crippen molar-refractivity contribution in [3.05, 3.63) is 47.7 Å². The Kier molecular flexibility index (Phi) is 12.8. The van der Waals surface area contributed by atoms with Gasteiger partial charge in [0.2, 0.25) is 17.7 Å². The molecule has 1 saturated heterocycles. The first-order chi connectivity index (χ1) is 19.8. The van der Waals surface area contributed by atoms with E-state index < -0.39 is 79.0 Å². The van der Waals surface area contributed by atoms with E-state index in [1.54, 1.807) is 24.3 Å². The number of rotatable bonds is 13. The fourth-order valence-corrected chi connectivity index (χ4v) is 3.95. The molecule has 1 aromatic carbocycles. The molecule has 230 valence electrons. The highest BCUT2D eigenvalue weighted by molar-refractivity contribution is 6.04. The quantitative estimate of drug-likeness (QED) is 0.0349. The Morgan fingerprint density at radius 2 is 1.76 bits per heavy atom. The highest BCUT2D eigenvalue weighted by Crippen LogP contribution is 2.26. The number of amides is 5. The lowest BCUT2D eigenvalue weighted by Gasteiger charge is -2.25. The average Bonchev–Trinajstić information content (AvgIpc) is 3.22. The van der Waals surface area contributed by atoms with Crippen LogP contribution in [0.2, 0.25) is 0 Å². The summed E-state index contributed by atoms with van der Waals surface area (Å²) in [5.74, 6) is -4.53. The van der Waals surface area contributed by atoms with E-state index in [4.69, 9.17) is 21.9 Å². The van der Waals surface area contributed by atoms with Gasteiger partial charge in [-0.05, 0) is 12.0 Å². The molecule has 1 aromatic rings. The highest BCUT2D eigenvalue weighted by Gasteiger charge is 2.46. The van der Waals surface area contributed by atoms with Gasteiger partial charge in [-0.1, -0.05) is 30.3 Å². The minimum atomic E-state index is -1.65. The molecule has 0 aromatic heterocycles. The van der Waals surface area contributed by atoms with Crippen molar-refractivity contribution in [3.63, 3.8) is 0 Å². The standard InChI is InChI=1S/C25H36N8O9/c1-13(34)32-23(39)15(9-26)22-21(38)20(37)17(42-22)11-30-24(40)16(33(41)19(36)12-31-25(27)28)7-8-18(35)29-10-14-5-3-2-4-6-14/h2-6,9,16-17,20-22,37-38,41H,7-8,10-12,26H2,1H3,(H,29,35)(H,30,40)(H4,27,28,31)(H,32,34,39)/b15-9-/t16-,17+,20+,21+,22-/m0/s1. The predicted octanol–water partition coefficient (Wildman–Crippen LogP) is -3.95. The number of nitrogens with one attached hydrogen (secondary N) is 3. The molecule has 1 aliphatic rings. The molecule has 5 amide bonds. The van der Waals surface area contributed by atoms with Gasteiger partial charge in [0.25, 0.3) is 11.8 Å². The minimum absolute atomic E-state index is 0.0944. The van der Waals surface area contributed by atoms with E-state index in [0.29, 0.717) is 0 Å². The van der Waals surface area contributed by atoms with Gasteiger partial charge in [-0.25, -0.2) is 10.1 Å². The summed E-state index contributed by atoms with van der Waals surface area (Å²) in [5, 5.41) is 38.4. The van der Waals surface area contributed by atoms with Gasteiger partial charge in [0.15, 0.2) is 5.96 Å². The molecule has 1 heterocycles. The summed E-state index contributed by atoms with van der Waals surface area (Å²) in [4.78, 5) is 64.8. The summed E-state index contributed by atoms with van der Waals surface area (Å²) in [5.41, 5.74) is 16.4. The van der Waals surface area contributed by atoms with Crippen LogP contribution < -0.4 is 33.2 Å². The van der Waals surface area contributed by atoms with Crippen molar-refractivity contribution in [2.75, 3.05) is 13.1 Å². The second kappa shape index (κ2) is 16.0. The van der Waals surface area contributed by atoms with Crippen LogP contribution in [0, 0.1) is 0 Å². The zero-order valence-corrected chi connectivity index (χ0v) is 22.8. The molecule has 1 fully saturated rings. The van der Waals surface area contributed by atoms with E-state index >= 15 is 0 Å². The summed E-state index contributed by atoms with van der Waals surface area (Å²) in [6.45, 7) is 0.165. The second-order valence-corrected chi connectivity index (χ2v) is 9.25. The van der Waals surface area contributed by atoms with Crippen molar-refractivity contribution in [2.45, 2.75) is 56.8 Å². The first-order valence-electron chi connectivity index (χ1n) is 12.8. The third-order valence-corrected chi connectivity index (χ3v) is 6.11. The molecule has 17 nitrogen and oxygen atoms in total. The van der Waals surface area contributed by atoms with Crippen LogP contribution >= 0.6 is 0 Å². The van der Waals surface area contributed by atoms with Crippen LogP contribution in [-0.4, -0.2) is 99.5 Å². The predicted molar refractivity (Wildman–Crippen MR) is 145 cm³/mol. The number of hydrogen-bond acceptors (Lipinski definition) is 11. The molecule has 0 bridgehead atoms. The van der Waals surface area contributed by atoms with Gasteiger partial charge in [-0.2, -0.15) is 0 Å². The van der Waals surface area contributed by atoms with Crippen molar-refractivity contribution in [3.8, 4) is 0 Å². The van der Waals surface area contributed by atoms with E-state index in [2.05, 4.69) is 15.6 Å². The maximum absolute atomic E-state index is 13.1. The summed E-state index contributed by atoms with van der Waals surface area (Å²) in [6.07, 6.45) is -5.74. The lowest BCUT2D eigenvalue weighted by Crippen LogP contribution is -2.51. The molecular formula is C25H36N8O9. The molecule has 5 atom stereocenters. The van der Waals surface area contributed by atoms with Crippen LogP contribution in [0.3, 0.4) is 0 Å². The van der Waals surface area contributed by atoms with Gasteiger partial charge in [0.1, 0.15) is 37.0 Å². The first kappa shape index (κ1) is 33.6. The van der Waals surface area contributed by atoms with Crippen molar-refractivity contribution < 1.29 is 44.1 Å². The Labute approximate surface area is 240 Å². The minimum Gasteiger partial charge on any atom is -0.404 e. The Bertz CT molecular complexity index is 1190. The van der Waals surface area contributed by atoms with Gasteiger partial charge in [0.05, 0.1) is 5.57 Å². The normalized spacial score (nSPS) is 20.6. The number of imide groups is 1. The molecule has 42 heavy (non-hydrogen) atoms. The fourth-order valence-electron chi connectivity index (χ4n) is 3.95. The number of nitrogens with zero attached hydrogens (tertiary/aromatic N) is 2. The number of aliphatic imine (C=N–C) groups is 1. The van der Waals surface area contributed by atoms with Gasteiger partial charge < -0.3 is 42.8 Å². The average molecular weight is 593 g/mol. The third-order valence-electron chi connectivity index (χ3n) is 6.11. The number of hydrogen-bond donors (Lipinski definition) is 9. The SMILES string of the molecule is CC(=O)NC(=O)/C(=C\N)[C@@H]1O[C@H](CNC(=O)[C@H](CCC(=O)NCc2ccccc2)N(O)C(=O)CN=C(N)N)[C@@H](O)[C@H]1O. The summed E-state index contributed by atoms with van der Waals surface area (Å²) < 4.78 is 5.53. The van der Waals surface area contributed by atoms with Crippen molar-refractivity contribution >= 4 is 35.5 Å². The van der Waals surface area contributed by atoms with E-state index in [0.717, 1.165) is 18.7 Å². The number of carbonyl (C=O) groups is 5. The zero-order valence-electron chi connectivity index (χ0n) is 22.8. The van der Waals surface area contributed by atoms with Crippen LogP contribution in [0.4, 0.5) is 0 Å². The zero-order chi connectivity index (χ0) is 31.4. The molecule has 17 heteroatoms. The highest BCUT2D eigenvalue weighted by atomic mass is 16.5. The van der Waals surface area contributed by atoms with E-state index in [1.807, 2.05) is 11.4 Å². The molecule has 0 unspecified atom stereocenters. The number of hydroxylamine groups is 2. The Morgan fingerprint density at radius 1 is 1.10 bits per heavy atom. The smallest absolute Gasteiger partial charge is 0.268 e. The molecule has 0 spiro atoms. The number of aliphatic hydroxyl groups is 2. The number of benzene rings is 1. The van der Waals surface area contributed by atoms with Crippen LogP contribution in [0.15, 0.2) is 47.1 Å². The lowest BCUT2D eigenvalue weighted by molar-refractivity contribution is -0.179. The molecule has 2 rings (SSSR count). The van der Waals surface area contributed by atoms with Gasteiger partial charge in [-0.3, -0.25) is 34.5 Å². The number of nitrogens with two attached hydrogens (primary N) is 3. The second-order valence-electron chi connectivity index (χ2n) is 9.25. The van der Waals surface area contributed by atoms with E-state index in [-0.39, 0.29) is 30.0 Å². The summed E-state index contributed by atoms with van der Waals surface area (Å²) >= 11 is 0. The van der Waals surface area contributed by atoms with Gasteiger partial charge in [0, 0.05) is 32.6 Å². The Hall–Kier alpha value is -4.58. The number of guanidine groups is 1. The van der Waals surface area contributed by atoms with Crippen LogP contribution in [0.25, 0.3) is 0 Å². The fraction of sp³-hybridized carbons (Fsp3) is 0.440. The van der Waals surface area contributed by atoms with Crippen molar-refractivity contribution in [2.24, 2.45) is 22.2 Å². The molecular weight excluding hydrogens is 556 g/mol. The molecule has 0 radical (unpaired) electrons. The van der Waals surface area contributed by atoms with Crippen LogP contribution in [0.5, 0.6) is 0 Å². The van der Waals surface area contributed by atoms with Gasteiger partial charge >= 0.3 is 0 Å².